The summed E-state index contributed by atoms with van der Waals surface area (Å²) in [6, 6.07) is 9.44. The van der Waals surface area contributed by atoms with E-state index in [9.17, 15) is 26.4 Å². The molecule has 0 saturated carbocycles. The summed E-state index contributed by atoms with van der Waals surface area (Å²) in [4.78, 5) is 13.1. The van der Waals surface area contributed by atoms with E-state index in [0.717, 1.165) is 5.56 Å². The van der Waals surface area contributed by atoms with E-state index in [1.807, 2.05) is 35.2 Å². The quantitative estimate of drug-likeness (QED) is 0.425. The first-order valence-corrected chi connectivity index (χ1v) is 9.17. The van der Waals surface area contributed by atoms with E-state index in [0.29, 0.717) is 13.1 Å². The Kier molecular flexibility index (Phi) is 6.25. The molecule has 0 aromatic heterocycles. The van der Waals surface area contributed by atoms with Crippen LogP contribution in [0.15, 0.2) is 53.8 Å². The van der Waals surface area contributed by atoms with E-state index in [1.165, 1.54) is 19.1 Å². The second-order valence-electron chi connectivity index (χ2n) is 5.82. The highest BCUT2D eigenvalue weighted by Crippen LogP contribution is 2.30. The highest BCUT2D eigenvalue weighted by atomic mass is 32.2. The fraction of sp³-hybridized carbons (Fsp3) is 0.353. The Bertz CT molecular complexity index is 814. The van der Waals surface area contributed by atoms with Crippen molar-refractivity contribution in [1.29, 1.82) is 0 Å². The van der Waals surface area contributed by atoms with E-state index in [2.05, 4.69) is 4.18 Å². The molecule has 1 aliphatic rings. The van der Waals surface area contributed by atoms with Crippen molar-refractivity contribution in [1.82, 2.24) is 4.90 Å². The first-order valence-electron chi connectivity index (χ1n) is 7.76. The van der Waals surface area contributed by atoms with Gasteiger partial charge >= 0.3 is 15.6 Å². The topological polar surface area (TPSA) is 63.7 Å². The van der Waals surface area contributed by atoms with E-state index in [4.69, 9.17) is 0 Å². The van der Waals surface area contributed by atoms with Crippen molar-refractivity contribution in [3.05, 3.63) is 59.4 Å². The summed E-state index contributed by atoms with van der Waals surface area (Å²) in [5.41, 5.74) is -4.26. The van der Waals surface area contributed by atoms with Gasteiger partial charge in [-0.25, -0.2) is 0 Å². The van der Waals surface area contributed by atoms with Crippen molar-refractivity contribution in [2.45, 2.75) is 25.4 Å². The molecule has 2 rings (SSSR count). The molecule has 0 bridgehead atoms. The second-order valence-corrected chi connectivity index (χ2v) is 7.36. The van der Waals surface area contributed by atoms with Gasteiger partial charge < -0.3 is 4.18 Å². The van der Waals surface area contributed by atoms with Crippen LogP contribution in [0.4, 0.5) is 13.2 Å². The third-order valence-electron chi connectivity index (χ3n) is 3.67. The number of ketones is 1. The third-order valence-corrected chi connectivity index (χ3v) is 4.66. The predicted octanol–water partition coefficient (Wildman–Crippen LogP) is 3.16. The Balaban J connectivity index is 2.24. The molecule has 0 fully saturated rings. The monoisotopic (exact) mass is 389 g/mol. The number of alkyl halides is 3. The third kappa shape index (κ3) is 5.43. The largest absolute Gasteiger partial charge is 0.534 e. The summed E-state index contributed by atoms with van der Waals surface area (Å²) < 4.78 is 64.6. The molecule has 0 aliphatic carbocycles. The number of carbonyl (C=O) groups is 1. The lowest BCUT2D eigenvalue weighted by molar-refractivity contribution is -0.112. The summed E-state index contributed by atoms with van der Waals surface area (Å²) in [5, 5.41) is 0. The summed E-state index contributed by atoms with van der Waals surface area (Å²) in [6.45, 7) is 2.32. The number of hydrogen-bond donors (Lipinski definition) is 0. The van der Waals surface area contributed by atoms with Crippen LogP contribution in [0.1, 0.15) is 18.9 Å². The number of halogens is 3. The lowest BCUT2D eigenvalue weighted by atomic mass is 10.1. The summed E-state index contributed by atoms with van der Waals surface area (Å²) >= 11 is 0. The maximum Gasteiger partial charge on any atom is 0.534 e. The van der Waals surface area contributed by atoms with Crippen molar-refractivity contribution >= 4 is 15.9 Å². The molecule has 0 saturated heterocycles. The molecule has 142 valence electrons. The van der Waals surface area contributed by atoms with Gasteiger partial charge in [0, 0.05) is 31.6 Å². The van der Waals surface area contributed by atoms with E-state index in [-0.39, 0.29) is 30.1 Å². The minimum absolute atomic E-state index is 0.0142. The Hall–Kier alpha value is -2.13. The lowest BCUT2D eigenvalue weighted by Crippen LogP contribution is -2.33. The molecular formula is C17H18F3NO4S. The van der Waals surface area contributed by atoms with Crippen LogP contribution in [0.3, 0.4) is 0 Å². The molecule has 0 amide bonds. The summed E-state index contributed by atoms with van der Waals surface area (Å²) in [7, 11) is -5.74. The van der Waals surface area contributed by atoms with Gasteiger partial charge in [-0.05, 0) is 18.6 Å². The molecule has 0 radical (unpaired) electrons. The Morgan fingerprint density at radius 1 is 1.27 bits per heavy atom. The number of allylic oxidation sites excluding steroid dienone is 1. The van der Waals surface area contributed by atoms with Crippen molar-refractivity contribution in [2.24, 2.45) is 0 Å². The van der Waals surface area contributed by atoms with Gasteiger partial charge in [0.1, 0.15) is 5.76 Å². The van der Waals surface area contributed by atoms with Gasteiger partial charge in [0.25, 0.3) is 0 Å². The maximum atomic E-state index is 12.6. The highest BCUT2D eigenvalue weighted by Gasteiger charge is 2.49. The van der Waals surface area contributed by atoms with Crippen molar-refractivity contribution in [3.63, 3.8) is 0 Å². The van der Waals surface area contributed by atoms with Crippen molar-refractivity contribution < 1.29 is 30.6 Å². The van der Waals surface area contributed by atoms with Gasteiger partial charge in [-0.15, -0.1) is 0 Å². The fourth-order valence-electron chi connectivity index (χ4n) is 2.44. The molecule has 1 aromatic rings. The molecule has 0 atom stereocenters. The van der Waals surface area contributed by atoms with Gasteiger partial charge in [-0.1, -0.05) is 36.4 Å². The number of hydrogen-bond acceptors (Lipinski definition) is 5. The van der Waals surface area contributed by atoms with Gasteiger partial charge in [-0.2, -0.15) is 21.6 Å². The van der Waals surface area contributed by atoms with Crippen LogP contribution >= 0.6 is 0 Å². The van der Waals surface area contributed by atoms with Crippen LogP contribution < -0.4 is 0 Å². The van der Waals surface area contributed by atoms with E-state index < -0.39 is 15.6 Å². The van der Waals surface area contributed by atoms with Crippen LogP contribution in [0.25, 0.3) is 0 Å². The predicted molar refractivity (Wildman–Crippen MR) is 89.2 cm³/mol. The average Bonchev–Trinajstić information content (AvgIpc) is 2.54. The standard InChI is InChI=1S/C17H18F3NO4S/c1-13(22)7-8-15-12-21(11-14-5-3-2-4-6-14)10-9-16(15)25-26(23,24)17(18,19)20/h2-8H,9-12H2,1H3/b8-7+. The lowest BCUT2D eigenvalue weighted by Gasteiger charge is -2.29. The number of benzene rings is 1. The molecule has 9 heteroatoms. The first kappa shape index (κ1) is 20.2. The number of carbonyl (C=O) groups excluding carboxylic acids is 1. The average molecular weight is 389 g/mol. The van der Waals surface area contributed by atoms with Crippen LogP contribution in [0.5, 0.6) is 0 Å². The number of nitrogens with zero attached hydrogens (tertiary/aromatic N) is 1. The van der Waals surface area contributed by atoms with Gasteiger partial charge in [-0.3, -0.25) is 9.69 Å². The molecular weight excluding hydrogens is 371 g/mol. The SMILES string of the molecule is CC(=O)/C=C/C1=C(OS(=O)(=O)C(F)(F)F)CCN(Cc2ccccc2)C1. The molecule has 0 unspecified atom stereocenters. The van der Waals surface area contributed by atoms with Gasteiger partial charge in [0.2, 0.25) is 0 Å². The smallest absolute Gasteiger partial charge is 0.380 e. The Labute approximate surface area is 149 Å². The number of rotatable bonds is 6. The van der Waals surface area contributed by atoms with Gasteiger partial charge in [0.05, 0.1) is 0 Å². The molecule has 1 aromatic carbocycles. The van der Waals surface area contributed by atoms with Crippen LogP contribution in [-0.2, 0) is 25.6 Å². The van der Waals surface area contributed by atoms with Crippen LogP contribution in [-0.4, -0.2) is 37.7 Å². The second kappa shape index (κ2) is 8.05. The highest BCUT2D eigenvalue weighted by molar-refractivity contribution is 7.87. The van der Waals surface area contributed by atoms with E-state index >= 15 is 0 Å². The Morgan fingerprint density at radius 2 is 1.92 bits per heavy atom. The van der Waals surface area contributed by atoms with Crippen LogP contribution in [0.2, 0.25) is 0 Å². The maximum absolute atomic E-state index is 12.6. The molecule has 0 N–H and O–H groups in total. The molecule has 0 spiro atoms. The minimum Gasteiger partial charge on any atom is -0.380 e. The Morgan fingerprint density at radius 3 is 2.50 bits per heavy atom. The zero-order valence-electron chi connectivity index (χ0n) is 14.0. The molecule has 5 nitrogen and oxygen atoms in total. The van der Waals surface area contributed by atoms with Crippen molar-refractivity contribution in [2.75, 3.05) is 13.1 Å². The van der Waals surface area contributed by atoms with Gasteiger partial charge in [0.15, 0.2) is 5.78 Å². The molecule has 1 heterocycles. The zero-order chi connectivity index (χ0) is 19.4. The fourth-order valence-corrected chi connectivity index (χ4v) is 2.99. The van der Waals surface area contributed by atoms with Crippen molar-refractivity contribution in [3.8, 4) is 0 Å². The summed E-state index contributed by atoms with van der Waals surface area (Å²) in [6.07, 6.45) is 2.46. The normalized spacial score (nSPS) is 16.9. The summed E-state index contributed by atoms with van der Waals surface area (Å²) in [5.74, 6) is -0.597. The first-order chi connectivity index (χ1) is 12.1. The zero-order valence-corrected chi connectivity index (χ0v) is 14.8. The van der Waals surface area contributed by atoms with E-state index in [1.54, 1.807) is 0 Å². The molecule has 26 heavy (non-hydrogen) atoms. The van der Waals surface area contributed by atoms with Crippen LogP contribution in [0, 0.1) is 0 Å². The molecule has 1 aliphatic heterocycles. The minimum atomic E-state index is -5.74.